The maximum Gasteiger partial charge on any atom is 0.310 e. The van der Waals surface area contributed by atoms with E-state index in [-0.39, 0.29) is 0 Å². The molecule has 0 aromatic heterocycles. The van der Waals surface area contributed by atoms with Crippen molar-refractivity contribution in [1.82, 2.24) is 5.32 Å². The van der Waals surface area contributed by atoms with Crippen molar-refractivity contribution in [2.24, 2.45) is 5.41 Å². The third-order valence-corrected chi connectivity index (χ3v) is 3.75. The van der Waals surface area contributed by atoms with E-state index < -0.39 is 11.4 Å². The van der Waals surface area contributed by atoms with Gasteiger partial charge in [0.2, 0.25) is 0 Å². The lowest BCUT2D eigenvalue weighted by molar-refractivity contribution is -0.148. The van der Waals surface area contributed by atoms with Crippen LogP contribution in [0.3, 0.4) is 0 Å². The molecule has 1 aromatic rings. The molecule has 1 aromatic carbocycles. The quantitative estimate of drug-likeness (QED) is 0.833. The summed E-state index contributed by atoms with van der Waals surface area (Å²) in [7, 11) is 1.64. The lowest BCUT2D eigenvalue weighted by Crippen LogP contribution is -2.33. The molecule has 2 N–H and O–H groups in total. The van der Waals surface area contributed by atoms with Gasteiger partial charge in [0.1, 0.15) is 5.75 Å². The van der Waals surface area contributed by atoms with Crippen molar-refractivity contribution in [2.45, 2.75) is 19.3 Å². The maximum absolute atomic E-state index is 11.4. The largest absolute Gasteiger partial charge is 0.497 e. The molecular formula is C14H19NO3. The molecule has 2 rings (SSSR count). The molecule has 0 saturated carbocycles. The number of carboxylic acid groups (broad SMARTS) is 1. The van der Waals surface area contributed by atoms with E-state index in [1.807, 2.05) is 24.3 Å². The molecule has 4 heteroatoms. The van der Waals surface area contributed by atoms with Gasteiger partial charge in [0.15, 0.2) is 0 Å². The molecule has 0 radical (unpaired) electrons. The van der Waals surface area contributed by atoms with Gasteiger partial charge in [-0.05, 0) is 43.5 Å². The third kappa shape index (κ3) is 2.64. The van der Waals surface area contributed by atoms with Crippen molar-refractivity contribution < 1.29 is 14.6 Å². The third-order valence-electron chi connectivity index (χ3n) is 3.75. The SMILES string of the molecule is COc1ccc(CCC2(C(=O)O)CCNC2)cc1. The number of rotatable bonds is 5. The van der Waals surface area contributed by atoms with Gasteiger partial charge in [-0.1, -0.05) is 12.1 Å². The summed E-state index contributed by atoms with van der Waals surface area (Å²) in [6.45, 7) is 1.38. The summed E-state index contributed by atoms with van der Waals surface area (Å²) in [5, 5.41) is 12.5. The average Bonchev–Trinajstić information content (AvgIpc) is 2.87. The summed E-state index contributed by atoms with van der Waals surface area (Å²) >= 11 is 0. The molecule has 4 nitrogen and oxygen atoms in total. The molecule has 1 aliphatic heterocycles. The summed E-state index contributed by atoms with van der Waals surface area (Å²) in [5.74, 6) is 0.148. The Hall–Kier alpha value is -1.55. The van der Waals surface area contributed by atoms with E-state index in [2.05, 4.69) is 5.32 Å². The zero-order chi connectivity index (χ0) is 13.0. The number of hydrogen-bond donors (Lipinski definition) is 2. The average molecular weight is 249 g/mol. The van der Waals surface area contributed by atoms with Gasteiger partial charge in [0, 0.05) is 6.54 Å². The summed E-state index contributed by atoms with van der Waals surface area (Å²) in [6.07, 6.45) is 2.19. The Bertz CT molecular complexity index is 408. The van der Waals surface area contributed by atoms with E-state index in [0.29, 0.717) is 13.0 Å². The van der Waals surface area contributed by atoms with E-state index in [4.69, 9.17) is 4.74 Å². The van der Waals surface area contributed by atoms with E-state index in [1.165, 1.54) is 0 Å². The van der Waals surface area contributed by atoms with Gasteiger partial charge in [-0.3, -0.25) is 4.79 Å². The fourth-order valence-corrected chi connectivity index (χ4v) is 2.42. The number of carbonyl (C=O) groups is 1. The second-order valence-electron chi connectivity index (χ2n) is 4.86. The van der Waals surface area contributed by atoms with Crippen LogP contribution < -0.4 is 10.1 Å². The summed E-state index contributed by atoms with van der Waals surface area (Å²) in [6, 6.07) is 7.82. The Morgan fingerprint density at radius 1 is 1.44 bits per heavy atom. The highest BCUT2D eigenvalue weighted by molar-refractivity contribution is 5.75. The van der Waals surface area contributed by atoms with Crippen molar-refractivity contribution >= 4 is 5.97 Å². The number of methoxy groups -OCH3 is 1. The predicted octanol–water partition coefficient (Wildman–Crippen LogP) is 1.69. The standard InChI is InChI=1S/C14H19NO3/c1-18-12-4-2-11(3-5-12)6-7-14(13(16)17)8-9-15-10-14/h2-5,15H,6-10H2,1H3,(H,16,17). The van der Waals surface area contributed by atoms with Crippen LogP contribution in [0.2, 0.25) is 0 Å². The van der Waals surface area contributed by atoms with Crippen molar-refractivity contribution in [2.75, 3.05) is 20.2 Å². The number of aliphatic carboxylic acids is 1. The fraction of sp³-hybridized carbons (Fsp3) is 0.500. The van der Waals surface area contributed by atoms with Crippen LogP contribution in [0, 0.1) is 5.41 Å². The molecular weight excluding hydrogens is 230 g/mol. The van der Waals surface area contributed by atoms with E-state index in [9.17, 15) is 9.90 Å². The lowest BCUT2D eigenvalue weighted by Gasteiger charge is -2.22. The van der Waals surface area contributed by atoms with Gasteiger partial charge < -0.3 is 15.2 Å². The van der Waals surface area contributed by atoms with E-state index >= 15 is 0 Å². The van der Waals surface area contributed by atoms with Crippen LogP contribution in [0.15, 0.2) is 24.3 Å². The molecule has 1 saturated heterocycles. The van der Waals surface area contributed by atoms with Crippen molar-refractivity contribution in [3.05, 3.63) is 29.8 Å². The molecule has 0 spiro atoms. The zero-order valence-electron chi connectivity index (χ0n) is 10.6. The Labute approximate surface area is 107 Å². The number of carboxylic acids is 1. The van der Waals surface area contributed by atoms with Crippen molar-refractivity contribution in [3.63, 3.8) is 0 Å². The van der Waals surface area contributed by atoms with Crippen LogP contribution in [0.5, 0.6) is 5.75 Å². The number of benzene rings is 1. The molecule has 98 valence electrons. The first-order chi connectivity index (χ1) is 8.66. The molecule has 0 amide bonds. The Kier molecular flexibility index (Phi) is 3.87. The molecule has 1 unspecified atom stereocenters. The second kappa shape index (κ2) is 5.40. The Morgan fingerprint density at radius 2 is 2.17 bits per heavy atom. The van der Waals surface area contributed by atoms with Gasteiger partial charge in [-0.15, -0.1) is 0 Å². The van der Waals surface area contributed by atoms with Crippen LogP contribution in [-0.4, -0.2) is 31.3 Å². The van der Waals surface area contributed by atoms with Gasteiger partial charge in [0.05, 0.1) is 12.5 Å². The molecule has 0 bridgehead atoms. The van der Waals surface area contributed by atoms with Crippen LogP contribution in [0.4, 0.5) is 0 Å². The fourth-order valence-electron chi connectivity index (χ4n) is 2.42. The molecule has 0 aliphatic carbocycles. The topological polar surface area (TPSA) is 58.6 Å². The van der Waals surface area contributed by atoms with Gasteiger partial charge in [-0.25, -0.2) is 0 Å². The molecule has 1 heterocycles. The van der Waals surface area contributed by atoms with E-state index in [0.717, 1.165) is 30.7 Å². The summed E-state index contributed by atoms with van der Waals surface area (Å²) in [4.78, 5) is 11.4. The van der Waals surface area contributed by atoms with Crippen molar-refractivity contribution in [1.29, 1.82) is 0 Å². The monoisotopic (exact) mass is 249 g/mol. The first-order valence-corrected chi connectivity index (χ1v) is 6.23. The molecule has 1 atom stereocenters. The normalized spacial score (nSPS) is 22.9. The molecule has 18 heavy (non-hydrogen) atoms. The van der Waals surface area contributed by atoms with Gasteiger partial charge in [0.25, 0.3) is 0 Å². The number of nitrogens with one attached hydrogen (secondary N) is 1. The first-order valence-electron chi connectivity index (χ1n) is 6.23. The van der Waals surface area contributed by atoms with Crippen molar-refractivity contribution in [3.8, 4) is 5.75 Å². The number of ether oxygens (including phenoxy) is 1. The minimum absolute atomic E-state index is 0.582. The van der Waals surface area contributed by atoms with Crippen LogP contribution >= 0.6 is 0 Å². The zero-order valence-corrected chi connectivity index (χ0v) is 10.6. The number of aryl methyl sites for hydroxylation is 1. The summed E-state index contributed by atoms with van der Waals surface area (Å²) in [5.41, 5.74) is 0.572. The highest BCUT2D eigenvalue weighted by Gasteiger charge is 2.40. The Morgan fingerprint density at radius 3 is 2.67 bits per heavy atom. The predicted molar refractivity (Wildman–Crippen MR) is 68.9 cm³/mol. The van der Waals surface area contributed by atoms with Crippen LogP contribution in [0.1, 0.15) is 18.4 Å². The van der Waals surface area contributed by atoms with Gasteiger partial charge in [-0.2, -0.15) is 0 Å². The molecule has 1 aliphatic rings. The van der Waals surface area contributed by atoms with Crippen LogP contribution in [-0.2, 0) is 11.2 Å². The van der Waals surface area contributed by atoms with Gasteiger partial charge >= 0.3 is 5.97 Å². The first kappa shape index (κ1) is 12.9. The summed E-state index contributed by atoms with van der Waals surface area (Å²) < 4.78 is 5.10. The van der Waals surface area contributed by atoms with E-state index in [1.54, 1.807) is 7.11 Å². The minimum Gasteiger partial charge on any atom is -0.497 e. The smallest absolute Gasteiger partial charge is 0.310 e. The molecule has 1 fully saturated rings. The highest BCUT2D eigenvalue weighted by Crippen LogP contribution is 2.31. The highest BCUT2D eigenvalue weighted by atomic mass is 16.5. The Balaban J connectivity index is 1.99. The minimum atomic E-state index is -0.680. The van der Waals surface area contributed by atoms with Crippen LogP contribution in [0.25, 0.3) is 0 Å². The maximum atomic E-state index is 11.4. The number of hydrogen-bond acceptors (Lipinski definition) is 3. The lowest BCUT2D eigenvalue weighted by atomic mass is 9.81. The second-order valence-corrected chi connectivity index (χ2v) is 4.86.